The van der Waals surface area contributed by atoms with Crippen LogP contribution in [0.5, 0.6) is 0 Å². The number of hydrogen-bond donors (Lipinski definition) is 2. The van der Waals surface area contributed by atoms with Gasteiger partial charge in [0.15, 0.2) is 5.16 Å². The maximum Gasteiger partial charge on any atom is 0.318 e. The number of urea groups is 1. The lowest BCUT2D eigenvalue weighted by molar-refractivity contribution is -0.119. The van der Waals surface area contributed by atoms with Gasteiger partial charge in [-0.15, -0.1) is 10.2 Å². The highest BCUT2D eigenvalue weighted by Gasteiger charge is 2.20. The smallest absolute Gasteiger partial charge is 0.318 e. The van der Waals surface area contributed by atoms with Gasteiger partial charge in [0.2, 0.25) is 10.9 Å². The Morgan fingerprint density at radius 1 is 1.38 bits per heavy atom. The van der Waals surface area contributed by atoms with Crippen molar-refractivity contribution in [3.8, 4) is 0 Å². The first-order chi connectivity index (χ1) is 10.1. The van der Waals surface area contributed by atoms with E-state index >= 15 is 0 Å². The largest absolute Gasteiger partial charge is 0.351 e. The van der Waals surface area contributed by atoms with Gasteiger partial charge >= 0.3 is 6.03 Å². The number of imide groups is 1. The Labute approximate surface area is 127 Å². The summed E-state index contributed by atoms with van der Waals surface area (Å²) >= 11 is 2.76. The van der Waals surface area contributed by atoms with Gasteiger partial charge in [0, 0.05) is 0 Å². The van der Waals surface area contributed by atoms with Crippen molar-refractivity contribution in [1.82, 2.24) is 19.9 Å². The Balaban J connectivity index is 1.94. The second-order valence-corrected chi connectivity index (χ2v) is 6.60. The number of para-hydroxylation sites is 1. The van der Waals surface area contributed by atoms with Crippen molar-refractivity contribution in [2.45, 2.75) is 17.3 Å². The van der Waals surface area contributed by atoms with E-state index in [4.69, 9.17) is 5.73 Å². The number of thioether (sulfide) groups is 1. The maximum absolute atomic E-state index is 11.7. The minimum Gasteiger partial charge on any atom is -0.351 e. The molecule has 0 bridgehead atoms. The van der Waals surface area contributed by atoms with Gasteiger partial charge < -0.3 is 5.73 Å². The molecule has 21 heavy (non-hydrogen) atoms. The van der Waals surface area contributed by atoms with Gasteiger partial charge in [0.25, 0.3) is 0 Å². The van der Waals surface area contributed by atoms with Crippen molar-refractivity contribution in [3.05, 3.63) is 24.3 Å². The van der Waals surface area contributed by atoms with E-state index in [1.807, 2.05) is 28.7 Å². The summed E-state index contributed by atoms with van der Waals surface area (Å²) in [5.41, 5.74) is 5.93. The molecule has 0 aliphatic heterocycles. The molecule has 3 amide bonds. The molecule has 7 nitrogen and oxygen atoms in total. The van der Waals surface area contributed by atoms with Gasteiger partial charge in [-0.3, -0.25) is 14.5 Å². The number of hydrogen-bond acceptors (Lipinski definition) is 6. The molecular formula is C12H11N5O2S2. The molecule has 0 radical (unpaired) electrons. The molecule has 3 aromatic rings. The second-order valence-electron chi connectivity index (χ2n) is 4.28. The highest BCUT2D eigenvalue weighted by Crippen LogP contribution is 2.30. The van der Waals surface area contributed by atoms with Crippen LogP contribution in [0.15, 0.2) is 29.4 Å². The molecule has 1 aromatic carbocycles. The van der Waals surface area contributed by atoms with E-state index in [-0.39, 0.29) is 0 Å². The molecule has 0 fully saturated rings. The number of nitrogens with zero attached hydrogens (tertiary/aromatic N) is 3. The number of benzene rings is 1. The average Bonchev–Trinajstić information content (AvgIpc) is 2.97. The molecular weight excluding hydrogens is 310 g/mol. The van der Waals surface area contributed by atoms with E-state index in [1.54, 1.807) is 6.92 Å². The fourth-order valence-corrected chi connectivity index (χ4v) is 3.75. The van der Waals surface area contributed by atoms with Crippen LogP contribution in [0.4, 0.5) is 4.79 Å². The third-order valence-corrected chi connectivity index (χ3v) is 4.86. The average molecular weight is 321 g/mol. The Bertz CT molecular complexity index is 841. The van der Waals surface area contributed by atoms with Crippen LogP contribution >= 0.6 is 23.1 Å². The van der Waals surface area contributed by atoms with Gasteiger partial charge in [-0.05, 0) is 19.1 Å². The first-order valence-electron chi connectivity index (χ1n) is 6.06. The lowest BCUT2D eigenvalue weighted by atomic mass is 10.3. The number of primary amides is 1. The minimum absolute atomic E-state index is 0.455. The van der Waals surface area contributed by atoms with E-state index in [1.165, 1.54) is 23.1 Å². The molecule has 3 rings (SSSR count). The lowest BCUT2D eigenvalue weighted by Crippen LogP contribution is -2.39. The Hall–Kier alpha value is -2.13. The van der Waals surface area contributed by atoms with Crippen molar-refractivity contribution in [2.24, 2.45) is 5.73 Å². The zero-order valence-corrected chi connectivity index (χ0v) is 12.6. The van der Waals surface area contributed by atoms with E-state index in [0.29, 0.717) is 5.16 Å². The van der Waals surface area contributed by atoms with E-state index in [9.17, 15) is 9.59 Å². The molecule has 2 aromatic heterocycles. The van der Waals surface area contributed by atoms with Gasteiger partial charge in [-0.1, -0.05) is 35.2 Å². The van der Waals surface area contributed by atoms with Gasteiger partial charge in [0.1, 0.15) is 0 Å². The molecule has 9 heteroatoms. The summed E-state index contributed by atoms with van der Waals surface area (Å²) in [6, 6.07) is 7.01. The number of amides is 3. The molecule has 3 N–H and O–H groups in total. The number of rotatable bonds is 3. The molecule has 2 heterocycles. The van der Waals surface area contributed by atoms with Crippen molar-refractivity contribution in [2.75, 3.05) is 0 Å². The molecule has 1 atom stereocenters. The van der Waals surface area contributed by atoms with E-state index in [0.717, 1.165) is 15.2 Å². The number of thiazole rings is 1. The number of nitrogens with one attached hydrogen (secondary N) is 1. The van der Waals surface area contributed by atoms with Crippen LogP contribution < -0.4 is 11.1 Å². The number of aromatic nitrogens is 3. The zero-order chi connectivity index (χ0) is 15.0. The van der Waals surface area contributed by atoms with Crippen molar-refractivity contribution < 1.29 is 9.59 Å². The minimum atomic E-state index is -0.861. The van der Waals surface area contributed by atoms with Crippen LogP contribution in [-0.4, -0.2) is 31.8 Å². The summed E-state index contributed by atoms with van der Waals surface area (Å²) in [5, 5.41) is 10.4. The third-order valence-electron chi connectivity index (χ3n) is 2.81. The van der Waals surface area contributed by atoms with Crippen LogP contribution in [0, 0.1) is 0 Å². The first-order valence-corrected chi connectivity index (χ1v) is 7.75. The van der Waals surface area contributed by atoms with Gasteiger partial charge in [-0.2, -0.15) is 0 Å². The maximum atomic E-state index is 11.7. The summed E-state index contributed by atoms with van der Waals surface area (Å²) in [6.07, 6.45) is 0. The summed E-state index contributed by atoms with van der Waals surface area (Å²) in [5.74, 6) is -0.455. The monoisotopic (exact) mass is 321 g/mol. The summed E-state index contributed by atoms with van der Waals surface area (Å²) < 4.78 is 3.00. The van der Waals surface area contributed by atoms with Gasteiger partial charge in [0.05, 0.1) is 15.5 Å². The van der Waals surface area contributed by atoms with Crippen LogP contribution in [0.3, 0.4) is 0 Å². The Morgan fingerprint density at radius 2 is 2.14 bits per heavy atom. The third kappa shape index (κ3) is 2.57. The molecule has 0 aliphatic carbocycles. The fraction of sp³-hybridized carbons (Fsp3) is 0.167. The predicted octanol–water partition coefficient (Wildman–Crippen LogP) is 1.62. The van der Waals surface area contributed by atoms with Crippen LogP contribution in [0.25, 0.3) is 15.2 Å². The van der Waals surface area contributed by atoms with Crippen molar-refractivity contribution in [3.63, 3.8) is 0 Å². The highest BCUT2D eigenvalue weighted by atomic mass is 32.2. The zero-order valence-electron chi connectivity index (χ0n) is 10.9. The molecule has 0 aliphatic rings. The molecule has 0 saturated heterocycles. The molecule has 1 unspecified atom stereocenters. The number of fused-ring (bicyclic) bond motifs is 3. The van der Waals surface area contributed by atoms with Crippen LogP contribution in [-0.2, 0) is 4.79 Å². The predicted molar refractivity (Wildman–Crippen MR) is 81.4 cm³/mol. The summed E-state index contributed by atoms with van der Waals surface area (Å²) in [4.78, 5) is 23.2. The topological polar surface area (TPSA) is 102 Å². The van der Waals surface area contributed by atoms with Crippen LogP contribution in [0.2, 0.25) is 0 Å². The van der Waals surface area contributed by atoms with Crippen LogP contribution in [0.1, 0.15) is 6.92 Å². The summed E-state index contributed by atoms with van der Waals surface area (Å²) in [7, 11) is 0. The van der Waals surface area contributed by atoms with Crippen molar-refractivity contribution in [1.29, 1.82) is 0 Å². The van der Waals surface area contributed by atoms with E-state index in [2.05, 4.69) is 15.5 Å². The molecule has 108 valence electrons. The lowest BCUT2D eigenvalue weighted by Gasteiger charge is -2.08. The molecule has 0 saturated carbocycles. The standard InChI is InChI=1S/C12H11N5O2S2/c1-6(9(18)14-10(13)19)20-11-15-16-12-17(11)7-4-2-3-5-8(7)21-12/h2-6H,1H3,(H3,13,14,18,19). The normalized spacial score (nSPS) is 12.6. The first kappa shape index (κ1) is 13.8. The number of carbonyl (C=O) groups excluding carboxylic acids is 2. The summed E-state index contributed by atoms with van der Waals surface area (Å²) in [6.45, 7) is 1.68. The second kappa shape index (κ2) is 5.34. The fourth-order valence-electron chi connectivity index (χ4n) is 1.87. The number of carbonyl (C=O) groups is 2. The quantitative estimate of drug-likeness (QED) is 0.714. The number of nitrogens with two attached hydrogens (primary N) is 1. The Morgan fingerprint density at radius 3 is 2.90 bits per heavy atom. The SMILES string of the molecule is CC(Sc1nnc2sc3ccccc3n12)C(=O)NC(N)=O. The van der Waals surface area contributed by atoms with Gasteiger partial charge in [-0.25, -0.2) is 4.79 Å². The highest BCUT2D eigenvalue weighted by molar-refractivity contribution is 8.00. The van der Waals surface area contributed by atoms with Crippen molar-refractivity contribution >= 4 is 50.2 Å². The van der Waals surface area contributed by atoms with E-state index < -0.39 is 17.2 Å². The Kier molecular flexibility index (Phi) is 3.52. The molecule has 0 spiro atoms.